The van der Waals surface area contributed by atoms with E-state index in [1.807, 2.05) is 7.05 Å². The summed E-state index contributed by atoms with van der Waals surface area (Å²) in [4.78, 5) is 13.7. The highest BCUT2D eigenvalue weighted by Gasteiger charge is 2.18. The SMILES string of the molecule is Cn1ccc(C(=O)CN2CCC2)n1. The van der Waals surface area contributed by atoms with E-state index in [9.17, 15) is 4.79 Å². The van der Waals surface area contributed by atoms with Crippen LogP contribution in [-0.4, -0.2) is 40.1 Å². The third-order valence-corrected chi connectivity index (χ3v) is 2.32. The minimum absolute atomic E-state index is 0.125. The second-order valence-corrected chi connectivity index (χ2v) is 3.43. The second-order valence-electron chi connectivity index (χ2n) is 3.43. The summed E-state index contributed by atoms with van der Waals surface area (Å²) in [6, 6.07) is 1.77. The van der Waals surface area contributed by atoms with Crippen LogP contribution in [0.2, 0.25) is 0 Å². The maximum atomic E-state index is 11.5. The summed E-state index contributed by atoms with van der Waals surface area (Å²) < 4.78 is 1.66. The molecule has 0 bridgehead atoms. The molecule has 0 unspecified atom stereocenters. The molecule has 0 spiro atoms. The summed E-state index contributed by atoms with van der Waals surface area (Å²) in [6.07, 6.45) is 3.01. The molecule has 1 aliphatic heterocycles. The second kappa shape index (κ2) is 3.30. The van der Waals surface area contributed by atoms with Gasteiger partial charge in [0, 0.05) is 13.2 Å². The van der Waals surface area contributed by atoms with Crippen LogP contribution in [0.3, 0.4) is 0 Å². The molecule has 1 aromatic heterocycles. The molecule has 4 heteroatoms. The fourth-order valence-corrected chi connectivity index (χ4v) is 1.39. The third-order valence-electron chi connectivity index (χ3n) is 2.32. The van der Waals surface area contributed by atoms with Crippen molar-refractivity contribution >= 4 is 5.78 Å². The highest BCUT2D eigenvalue weighted by atomic mass is 16.1. The Bertz CT molecular complexity index is 314. The smallest absolute Gasteiger partial charge is 0.196 e. The average molecular weight is 179 g/mol. The van der Waals surface area contributed by atoms with Gasteiger partial charge < -0.3 is 0 Å². The number of rotatable bonds is 3. The molecule has 70 valence electrons. The van der Waals surface area contributed by atoms with Gasteiger partial charge in [-0.1, -0.05) is 0 Å². The van der Waals surface area contributed by atoms with E-state index >= 15 is 0 Å². The van der Waals surface area contributed by atoms with Gasteiger partial charge in [-0.05, 0) is 25.6 Å². The van der Waals surface area contributed by atoms with Gasteiger partial charge in [0.1, 0.15) is 5.69 Å². The van der Waals surface area contributed by atoms with Gasteiger partial charge >= 0.3 is 0 Å². The number of likely N-dealkylation sites (tertiary alicyclic amines) is 1. The highest BCUT2D eigenvalue weighted by molar-refractivity contribution is 5.95. The Balaban J connectivity index is 1.96. The van der Waals surface area contributed by atoms with E-state index in [0.29, 0.717) is 12.2 Å². The van der Waals surface area contributed by atoms with Gasteiger partial charge in [0.05, 0.1) is 6.54 Å². The van der Waals surface area contributed by atoms with E-state index in [2.05, 4.69) is 10.00 Å². The number of Topliss-reactive ketones (excluding diaryl/α,β-unsaturated/α-hetero) is 1. The Hall–Kier alpha value is -1.16. The number of hydrogen-bond acceptors (Lipinski definition) is 3. The largest absolute Gasteiger partial charge is 0.296 e. The van der Waals surface area contributed by atoms with E-state index < -0.39 is 0 Å². The Kier molecular flexibility index (Phi) is 2.14. The third kappa shape index (κ3) is 1.78. The summed E-state index contributed by atoms with van der Waals surface area (Å²) in [5, 5.41) is 4.06. The number of nitrogens with zero attached hydrogens (tertiary/aromatic N) is 3. The summed E-state index contributed by atoms with van der Waals surface area (Å²) in [5.41, 5.74) is 0.578. The Morgan fingerprint density at radius 3 is 2.85 bits per heavy atom. The summed E-state index contributed by atoms with van der Waals surface area (Å²) in [7, 11) is 1.82. The molecule has 4 nitrogen and oxygen atoms in total. The number of ketones is 1. The fourth-order valence-electron chi connectivity index (χ4n) is 1.39. The van der Waals surface area contributed by atoms with Crippen molar-refractivity contribution in [3.8, 4) is 0 Å². The molecule has 1 fully saturated rings. The number of hydrogen-bond donors (Lipinski definition) is 0. The van der Waals surface area contributed by atoms with Crippen LogP contribution in [0.5, 0.6) is 0 Å². The Morgan fingerprint density at radius 1 is 1.62 bits per heavy atom. The van der Waals surface area contributed by atoms with Gasteiger partial charge in [-0.2, -0.15) is 5.10 Å². The predicted molar refractivity (Wildman–Crippen MR) is 48.6 cm³/mol. The van der Waals surface area contributed by atoms with Crippen molar-refractivity contribution < 1.29 is 4.79 Å². The van der Waals surface area contributed by atoms with Crippen LogP contribution < -0.4 is 0 Å². The Morgan fingerprint density at radius 2 is 2.38 bits per heavy atom. The molecule has 0 atom stereocenters. The molecule has 0 saturated carbocycles. The standard InChI is InChI=1S/C9H13N3O/c1-11-6-3-8(10-11)9(13)7-12-4-2-5-12/h3,6H,2,4-5,7H2,1H3. The first-order valence-corrected chi connectivity index (χ1v) is 4.51. The number of carbonyl (C=O) groups excluding carboxylic acids is 1. The quantitative estimate of drug-likeness (QED) is 0.627. The minimum atomic E-state index is 0.125. The molecular formula is C9H13N3O. The number of carbonyl (C=O) groups is 1. The number of aryl methyl sites for hydroxylation is 1. The molecule has 1 aromatic rings. The lowest BCUT2D eigenvalue weighted by atomic mass is 10.2. The van der Waals surface area contributed by atoms with Crippen LogP contribution in [0.25, 0.3) is 0 Å². The molecule has 2 rings (SSSR count). The average Bonchev–Trinajstić information content (AvgIpc) is 2.44. The lowest BCUT2D eigenvalue weighted by molar-refractivity contribution is 0.0869. The number of aromatic nitrogens is 2. The zero-order valence-corrected chi connectivity index (χ0v) is 7.73. The van der Waals surface area contributed by atoms with E-state index in [1.165, 1.54) is 6.42 Å². The van der Waals surface area contributed by atoms with E-state index in [0.717, 1.165) is 13.1 Å². The maximum absolute atomic E-state index is 11.5. The van der Waals surface area contributed by atoms with Crippen molar-refractivity contribution in [1.82, 2.24) is 14.7 Å². The zero-order chi connectivity index (χ0) is 9.26. The van der Waals surface area contributed by atoms with Crippen LogP contribution in [0.15, 0.2) is 12.3 Å². The van der Waals surface area contributed by atoms with Crippen LogP contribution in [-0.2, 0) is 7.05 Å². The molecule has 0 aromatic carbocycles. The summed E-state index contributed by atoms with van der Waals surface area (Å²) in [6.45, 7) is 2.63. The molecule has 0 N–H and O–H groups in total. The van der Waals surface area contributed by atoms with Crippen molar-refractivity contribution in [3.05, 3.63) is 18.0 Å². The van der Waals surface area contributed by atoms with Crippen molar-refractivity contribution in [2.45, 2.75) is 6.42 Å². The predicted octanol–water partition coefficient (Wildman–Crippen LogP) is 0.308. The molecular weight excluding hydrogens is 166 g/mol. The first-order valence-electron chi connectivity index (χ1n) is 4.51. The topological polar surface area (TPSA) is 38.1 Å². The van der Waals surface area contributed by atoms with E-state index in [-0.39, 0.29) is 5.78 Å². The van der Waals surface area contributed by atoms with Gasteiger partial charge in [-0.15, -0.1) is 0 Å². The zero-order valence-electron chi connectivity index (χ0n) is 7.73. The van der Waals surface area contributed by atoms with Crippen LogP contribution >= 0.6 is 0 Å². The fraction of sp³-hybridized carbons (Fsp3) is 0.556. The Labute approximate surface area is 77.1 Å². The molecule has 0 aliphatic carbocycles. The monoisotopic (exact) mass is 179 g/mol. The highest BCUT2D eigenvalue weighted by Crippen LogP contribution is 2.07. The van der Waals surface area contributed by atoms with Gasteiger partial charge in [0.2, 0.25) is 0 Å². The van der Waals surface area contributed by atoms with Crippen LogP contribution in [0.4, 0.5) is 0 Å². The van der Waals surface area contributed by atoms with Gasteiger partial charge in [0.25, 0.3) is 0 Å². The van der Waals surface area contributed by atoms with Gasteiger partial charge in [0.15, 0.2) is 5.78 Å². The first kappa shape index (κ1) is 8.44. The molecule has 0 amide bonds. The molecule has 0 radical (unpaired) electrons. The van der Waals surface area contributed by atoms with Crippen molar-refractivity contribution in [2.75, 3.05) is 19.6 Å². The van der Waals surface area contributed by atoms with E-state index in [4.69, 9.17) is 0 Å². The van der Waals surface area contributed by atoms with Crippen LogP contribution in [0, 0.1) is 0 Å². The van der Waals surface area contributed by atoms with Gasteiger partial charge in [-0.25, -0.2) is 0 Å². The van der Waals surface area contributed by atoms with Crippen LogP contribution in [0.1, 0.15) is 16.9 Å². The minimum Gasteiger partial charge on any atom is -0.296 e. The normalized spacial score (nSPS) is 17.0. The van der Waals surface area contributed by atoms with Crippen molar-refractivity contribution in [1.29, 1.82) is 0 Å². The molecule has 2 heterocycles. The van der Waals surface area contributed by atoms with E-state index in [1.54, 1.807) is 16.9 Å². The maximum Gasteiger partial charge on any atom is 0.196 e. The molecule has 1 aliphatic rings. The summed E-state index contributed by atoms with van der Waals surface area (Å²) in [5.74, 6) is 0.125. The lowest BCUT2D eigenvalue weighted by Gasteiger charge is -2.29. The molecule has 1 saturated heterocycles. The molecule has 13 heavy (non-hydrogen) atoms. The van der Waals surface area contributed by atoms with Crippen molar-refractivity contribution in [3.63, 3.8) is 0 Å². The lowest BCUT2D eigenvalue weighted by Crippen LogP contribution is -2.40. The first-order chi connectivity index (χ1) is 6.25. The van der Waals surface area contributed by atoms with Crippen molar-refractivity contribution in [2.24, 2.45) is 7.05 Å². The summed E-state index contributed by atoms with van der Waals surface area (Å²) >= 11 is 0. The van der Waals surface area contributed by atoms with Gasteiger partial charge in [-0.3, -0.25) is 14.4 Å².